The zero-order valence-electron chi connectivity index (χ0n) is 19.6. The number of hydrogen-bond donors (Lipinski definition) is 1. The number of amides is 1. The Morgan fingerprint density at radius 2 is 1.80 bits per heavy atom. The summed E-state index contributed by atoms with van der Waals surface area (Å²) >= 11 is 12.6. The third kappa shape index (κ3) is 5.42. The predicted octanol–water partition coefficient (Wildman–Crippen LogP) is 5.92. The molecule has 184 valence electrons. The molecule has 0 saturated carbocycles. The van der Waals surface area contributed by atoms with Crippen LogP contribution in [-0.4, -0.2) is 26.5 Å². The van der Waals surface area contributed by atoms with Crippen molar-refractivity contribution in [3.05, 3.63) is 87.9 Å². The molecule has 0 aromatic heterocycles. The second kappa shape index (κ2) is 9.72. The first kappa shape index (κ1) is 25.4. The number of anilines is 1. The molecule has 1 heterocycles. The fourth-order valence-electron chi connectivity index (χ4n) is 4.16. The number of nitrogens with one attached hydrogen (secondary N) is 1. The van der Waals surface area contributed by atoms with Crippen molar-refractivity contribution in [3.63, 3.8) is 0 Å². The van der Waals surface area contributed by atoms with Gasteiger partial charge in [-0.1, -0.05) is 59.6 Å². The summed E-state index contributed by atoms with van der Waals surface area (Å²) in [6, 6.07) is 18.0. The molecule has 1 atom stereocenters. The van der Waals surface area contributed by atoms with Gasteiger partial charge in [-0.15, -0.1) is 0 Å². The quantitative estimate of drug-likeness (QED) is 0.427. The van der Waals surface area contributed by atoms with E-state index in [9.17, 15) is 13.2 Å². The molecular formula is C26H26Cl2N2O4S. The van der Waals surface area contributed by atoms with Gasteiger partial charge in [0, 0.05) is 12.0 Å². The van der Waals surface area contributed by atoms with E-state index in [-0.39, 0.29) is 26.7 Å². The lowest BCUT2D eigenvalue weighted by Crippen LogP contribution is -2.45. The molecule has 0 saturated heterocycles. The molecule has 1 unspecified atom stereocenters. The first-order chi connectivity index (χ1) is 16.5. The summed E-state index contributed by atoms with van der Waals surface area (Å²) in [6.45, 7) is 5.40. The third-order valence-corrected chi connectivity index (χ3v) is 8.36. The lowest BCUT2D eigenvalue weighted by Gasteiger charge is -2.38. The molecule has 3 aromatic rings. The van der Waals surface area contributed by atoms with Crippen LogP contribution in [0.15, 0.2) is 71.6 Å². The molecule has 1 N–H and O–H groups in total. The number of benzene rings is 3. The zero-order valence-corrected chi connectivity index (χ0v) is 21.9. The van der Waals surface area contributed by atoms with E-state index in [0.717, 1.165) is 15.4 Å². The number of carbonyl (C=O) groups is 1. The van der Waals surface area contributed by atoms with Crippen molar-refractivity contribution in [2.75, 3.05) is 10.8 Å². The fourth-order valence-corrected chi connectivity index (χ4v) is 6.06. The number of carbonyl (C=O) groups excluding carboxylic acids is 1. The van der Waals surface area contributed by atoms with Gasteiger partial charge in [0.15, 0.2) is 0 Å². The summed E-state index contributed by atoms with van der Waals surface area (Å²) < 4.78 is 34.3. The van der Waals surface area contributed by atoms with E-state index >= 15 is 0 Å². The van der Waals surface area contributed by atoms with Gasteiger partial charge in [-0.05, 0) is 56.7 Å². The molecule has 0 radical (unpaired) electrons. The van der Waals surface area contributed by atoms with Crippen LogP contribution in [0.1, 0.15) is 37.4 Å². The van der Waals surface area contributed by atoms with Gasteiger partial charge < -0.3 is 10.1 Å². The molecular weight excluding hydrogens is 507 g/mol. The Morgan fingerprint density at radius 3 is 2.51 bits per heavy atom. The highest BCUT2D eigenvalue weighted by molar-refractivity contribution is 7.92. The maximum absolute atomic E-state index is 13.6. The van der Waals surface area contributed by atoms with E-state index in [1.807, 2.05) is 39.0 Å². The largest absolute Gasteiger partial charge is 0.487 e. The molecule has 0 aliphatic carbocycles. The third-order valence-electron chi connectivity index (χ3n) is 5.78. The molecule has 0 spiro atoms. The molecule has 9 heteroatoms. The van der Waals surface area contributed by atoms with Gasteiger partial charge in [-0.25, -0.2) is 8.42 Å². The summed E-state index contributed by atoms with van der Waals surface area (Å²) in [5, 5.41) is 3.25. The lowest BCUT2D eigenvalue weighted by atomic mass is 9.89. The maximum atomic E-state index is 13.6. The summed E-state index contributed by atoms with van der Waals surface area (Å²) in [7, 11) is -4.11. The highest BCUT2D eigenvalue weighted by Crippen LogP contribution is 2.40. The molecule has 3 aromatic carbocycles. The average molecular weight is 533 g/mol. The normalized spacial score (nSPS) is 16.7. The number of sulfonamides is 1. The van der Waals surface area contributed by atoms with Crippen LogP contribution in [0.3, 0.4) is 0 Å². The van der Waals surface area contributed by atoms with E-state index in [0.29, 0.717) is 12.2 Å². The number of rotatable bonds is 6. The Balaban J connectivity index is 1.68. The number of fused-ring (bicyclic) bond motifs is 1. The first-order valence-corrected chi connectivity index (χ1v) is 13.3. The van der Waals surface area contributed by atoms with Crippen LogP contribution in [0.5, 0.6) is 5.75 Å². The van der Waals surface area contributed by atoms with Gasteiger partial charge in [-0.2, -0.15) is 0 Å². The van der Waals surface area contributed by atoms with Crippen molar-refractivity contribution in [1.82, 2.24) is 5.32 Å². The molecule has 0 bridgehead atoms. The van der Waals surface area contributed by atoms with E-state index in [1.165, 1.54) is 18.2 Å². The van der Waals surface area contributed by atoms with Gasteiger partial charge in [0.05, 0.1) is 26.7 Å². The number of nitrogens with zero attached hydrogens (tertiary/aromatic N) is 1. The standard InChI is InChI=1S/C26H26Cl2N2O4S/c1-17-12-13-19-21(15-26(2,3)34-23(19)14-17)29-24(31)16-30(22-11-7-10-20(27)25(22)28)35(32,33)18-8-5-4-6-9-18/h4-14,21H,15-16H2,1-3H3,(H,29,31). The van der Waals surface area contributed by atoms with Crippen molar-refractivity contribution < 1.29 is 17.9 Å². The number of ether oxygens (including phenoxy) is 1. The topological polar surface area (TPSA) is 75.7 Å². The maximum Gasteiger partial charge on any atom is 0.264 e. The van der Waals surface area contributed by atoms with E-state index in [4.69, 9.17) is 27.9 Å². The number of halogens is 2. The van der Waals surface area contributed by atoms with Gasteiger partial charge in [0.2, 0.25) is 5.91 Å². The lowest BCUT2D eigenvalue weighted by molar-refractivity contribution is -0.120. The van der Waals surface area contributed by atoms with Crippen LogP contribution in [-0.2, 0) is 14.8 Å². The molecule has 4 rings (SSSR count). The van der Waals surface area contributed by atoms with E-state index in [1.54, 1.807) is 30.3 Å². The van der Waals surface area contributed by atoms with Crippen molar-refractivity contribution in [2.24, 2.45) is 0 Å². The van der Waals surface area contributed by atoms with Crippen LogP contribution < -0.4 is 14.4 Å². The summed E-state index contributed by atoms with van der Waals surface area (Å²) in [6.07, 6.45) is 0.526. The molecule has 1 aliphatic heterocycles. The Morgan fingerprint density at radius 1 is 1.09 bits per heavy atom. The van der Waals surface area contributed by atoms with Gasteiger partial charge in [0.1, 0.15) is 17.9 Å². The van der Waals surface area contributed by atoms with Crippen LogP contribution in [0.2, 0.25) is 10.0 Å². The van der Waals surface area contributed by atoms with Crippen molar-refractivity contribution >= 4 is 44.8 Å². The van der Waals surface area contributed by atoms with Crippen LogP contribution in [0, 0.1) is 6.92 Å². The Labute approximate surface area is 215 Å². The van der Waals surface area contributed by atoms with Crippen molar-refractivity contribution in [2.45, 2.75) is 43.7 Å². The van der Waals surface area contributed by atoms with Gasteiger partial charge >= 0.3 is 0 Å². The van der Waals surface area contributed by atoms with Crippen molar-refractivity contribution in [3.8, 4) is 5.75 Å². The second-order valence-electron chi connectivity index (χ2n) is 9.12. The highest BCUT2D eigenvalue weighted by Gasteiger charge is 2.36. The second-order valence-corrected chi connectivity index (χ2v) is 11.8. The van der Waals surface area contributed by atoms with E-state index < -0.39 is 28.1 Å². The first-order valence-electron chi connectivity index (χ1n) is 11.1. The van der Waals surface area contributed by atoms with Gasteiger partial charge in [-0.3, -0.25) is 9.10 Å². The van der Waals surface area contributed by atoms with Crippen LogP contribution in [0.25, 0.3) is 0 Å². The monoisotopic (exact) mass is 532 g/mol. The van der Waals surface area contributed by atoms with Crippen LogP contribution >= 0.6 is 23.2 Å². The Bertz CT molecular complexity index is 1360. The smallest absolute Gasteiger partial charge is 0.264 e. The summed E-state index contributed by atoms with van der Waals surface area (Å²) in [5.74, 6) is 0.230. The average Bonchev–Trinajstić information content (AvgIpc) is 2.79. The molecule has 6 nitrogen and oxygen atoms in total. The van der Waals surface area contributed by atoms with Crippen LogP contribution in [0.4, 0.5) is 5.69 Å². The SMILES string of the molecule is Cc1ccc2c(c1)OC(C)(C)CC2NC(=O)CN(c1cccc(Cl)c1Cl)S(=O)(=O)c1ccccc1. The molecule has 1 amide bonds. The fraction of sp³-hybridized carbons (Fsp3) is 0.269. The molecule has 1 aliphatic rings. The Hall–Kier alpha value is -2.74. The summed E-state index contributed by atoms with van der Waals surface area (Å²) in [5.41, 5.74) is 1.51. The minimum absolute atomic E-state index is 0.0388. The van der Waals surface area contributed by atoms with E-state index in [2.05, 4.69) is 5.32 Å². The minimum Gasteiger partial charge on any atom is -0.487 e. The van der Waals surface area contributed by atoms with Gasteiger partial charge in [0.25, 0.3) is 10.0 Å². The predicted molar refractivity (Wildman–Crippen MR) is 139 cm³/mol. The zero-order chi connectivity index (χ0) is 25.4. The minimum atomic E-state index is -4.11. The van der Waals surface area contributed by atoms with Crippen molar-refractivity contribution in [1.29, 1.82) is 0 Å². The molecule has 0 fully saturated rings. The molecule has 35 heavy (non-hydrogen) atoms. The number of aryl methyl sites for hydroxylation is 1. The highest BCUT2D eigenvalue weighted by atomic mass is 35.5. The number of hydrogen-bond acceptors (Lipinski definition) is 4. The summed E-state index contributed by atoms with van der Waals surface area (Å²) in [4.78, 5) is 13.4. The Kier molecular flexibility index (Phi) is 7.04.